The van der Waals surface area contributed by atoms with Crippen LogP contribution in [0.15, 0.2) is 30.5 Å². The van der Waals surface area contributed by atoms with E-state index in [0.29, 0.717) is 46.4 Å². The predicted octanol–water partition coefficient (Wildman–Crippen LogP) is 4.99. The number of hydrogen-bond acceptors (Lipinski definition) is 7. The maximum Gasteiger partial charge on any atom is 0.224 e. The molecule has 1 aromatic carbocycles. The lowest BCUT2D eigenvalue weighted by Crippen LogP contribution is -2.61. The van der Waals surface area contributed by atoms with E-state index in [1.807, 2.05) is 24.3 Å². The molecule has 8 heteroatoms. The molecule has 190 valence electrons. The maximum absolute atomic E-state index is 9.68. The zero-order valence-corrected chi connectivity index (χ0v) is 21.4. The molecule has 0 radical (unpaired) electrons. The Labute approximate surface area is 218 Å². The average molecular weight is 507 g/mol. The van der Waals surface area contributed by atoms with Gasteiger partial charge in [-0.25, -0.2) is 4.98 Å². The normalized spacial score (nSPS) is 31.2. The highest BCUT2D eigenvalue weighted by Gasteiger charge is 2.55. The summed E-state index contributed by atoms with van der Waals surface area (Å²) in [6.07, 6.45) is 10.4. The Bertz CT molecular complexity index is 1110. The molecule has 7 nitrogen and oxygen atoms in total. The van der Waals surface area contributed by atoms with Gasteiger partial charge < -0.3 is 20.7 Å². The van der Waals surface area contributed by atoms with E-state index in [-0.39, 0.29) is 0 Å². The topological polar surface area (TPSA) is 94.9 Å². The van der Waals surface area contributed by atoms with Crippen LogP contribution in [0.1, 0.15) is 56.1 Å². The van der Waals surface area contributed by atoms with Crippen LogP contribution in [0.2, 0.25) is 5.02 Å². The molecule has 1 unspecified atom stereocenters. The van der Waals surface area contributed by atoms with Crippen LogP contribution >= 0.6 is 11.6 Å². The zero-order chi connectivity index (χ0) is 24.5. The van der Waals surface area contributed by atoms with Gasteiger partial charge in [0.05, 0.1) is 6.20 Å². The second-order valence-electron chi connectivity index (χ2n) is 11.4. The van der Waals surface area contributed by atoms with Crippen LogP contribution in [0, 0.1) is 34.5 Å². The minimum Gasteiger partial charge on any atom is -0.381 e. The molecule has 4 aliphatic carbocycles. The van der Waals surface area contributed by atoms with Crippen molar-refractivity contribution < 1.29 is 4.74 Å². The lowest BCUT2D eigenvalue weighted by Gasteiger charge is -2.61. The number of rotatable bonds is 8. The van der Waals surface area contributed by atoms with E-state index >= 15 is 0 Å². The van der Waals surface area contributed by atoms with Gasteiger partial charge in [0.25, 0.3) is 0 Å². The van der Waals surface area contributed by atoms with Crippen LogP contribution < -0.4 is 16.0 Å². The number of ether oxygens (including phenoxy) is 1. The Hall–Kier alpha value is -2.40. The molecule has 5 fully saturated rings. The number of benzene rings is 1. The van der Waals surface area contributed by atoms with Gasteiger partial charge >= 0.3 is 0 Å². The third kappa shape index (κ3) is 4.91. The summed E-state index contributed by atoms with van der Waals surface area (Å²) in [5.41, 5.74) is 1.77. The van der Waals surface area contributed by atoms with Gasteiger partial charge in [0.1, 0.15) is 17.5 Å². The highest BCUT2D eigenvalue weighted by atomic mass is 35.5. The Morgan fingerprint density at radius 2 is 1.86 bits per heavy atom. The van der Waals surface area contributed by atoms with Crippen LogP contribution in [-0.4, -0.2) is 41.8 Å². The summed E-state index contributed by atoms with van der Waals surface area (Å²) in [4.78, 5) is 9.02. The van der Waals surface area contributed by atoms with Gasteiger partial charge in [0, 0.05) is 43.4 Å². The summed E-state index contributed by atoms with van der Waals surface area (Å²) in [6.45, 7) is 3.19. The summed E-state index contributed by atoms with van der Waals surface area (Å²) in [6, 6.07) is 11.3. The van der Waals surface area contributed by atoms with Crippen LogP contribution in [0.25, 0.3) is 0 Å². The second kappa shape index (κ2) is 10.2. The van der Waals surface area contributed by atoms with E-state index in [9.17, 15) is 5.26 Å². The zero-order valence-electron chi connectivity index (χ0n) is 20.7. The molecule has 2 aromatic rings. The number of halogens is 1. The molecule has 1 saturated heterocycles. The van der Waals surface area contributed by atoms with Crippen LogP contribution in [0.5, 0.6) is 0 Å². The molecule has 1 aliphatic heterocycles. The van der Waals surface area contributed by atoms with Gasteiger partial charge in [-0.3, -0.25) is 0 Å². The standard InChI is InChI=1S/C28H35ClN6O/c29-24-4-2-1-3-19(24)15-31-27-32-16-22(14-30)26(35-27)33-17-28-11-18-9-20(12-28)25(21(10-18)13-28)34-23-5-7-36-8-6-23/h1-4,16,18,20-21,23,25,34H,5-13,15,17H2,(H2,31,32,33,35)/t18?,20-,21+,25-,28+. The number of nitriles is 1. The van der Waals surface area contributed by atoms with Crippen molar-refractivity contribution in [1.29, 1.82) is 5.26 Å². The first kappa shape index (κ1) is 24.0. The van der Waals surface area contributed by atoms with Crippen molar-refractivity contribution >= 4 is 23.4 Å². The van der Waals surface area contributed by atoms with Gasteiger partial charge in [0.2, 0.25) is 5.95 Å². The Morgan fingerprint density at radius 3 is 2.61 bits per heavy atom. The molecule has 3 N–H and O–H groups in total. The highest BCUT2D eigenvalue weighted by molar-refractivity contribution is 6.31. The molecule has 5 atom stereocenters. The van der Waals surface area contributed by atoms with E-state index in [1.165, 1.54) is 32.1 Å². The summed E-state index contributed by atoms with van der Waals surface area (Å²) >= 11 is 6.29. The van der Waals surface area contributed by atoms with Crippen LogP contribution in [0.3, 0.4) is 0 Å². The van der Waals surface area contributed by atoms with E-state index in [0.717, 1.165) is 55.9 Å². The number of nitrogens with zero attached hydrogens (tertiary/aromatic N) is 3. The van der Waals surface area contributed by atoms with Gasteiger partial charge in [-0.05, 0) is 79.7 Å². The fraction of sp³-hybridized carbons (Fsp3) is 0.607. The lowest BCUT2D eigenvalue weighted by atomic mass is 9.48. The molecule has 0 spiro atoms. The van der Waals surface area contributed by atoms with E-state index < -0.39 is 0 Å². The largest absolute Gasteiger partial charge is 0.381 e. The third-order valence-electron chi connectivity index (χ3n) is 8.98. The molecule has 4 bridgehead atoms. The molecule has 1 aromatic heterocycles. The monoisotopic (exact) mass is 506 g/mol. The van der Waals surface area contributed by atoms with Gasteiger partial charge in [-0.2, -0.15) is 10.2 Å². The maximum atomic E-state index is 9.68. The number of hydrogen-bond donors (Lipinski definition) is 3. The average Bonchev–Trinajstić information content (AvgIpc) is 2.89. The predicted molar refractivity (Wildman–Crippen MR) is 141 cm³/mol. The lowest BCUT2D eigenvalue weighted by molar-refractivity contribution is -0.0751. The van der Waals surface area contributed by atoms with Gasteiger partial charge in [0.15, 0.2) is 0 Å². The Morgan fingerprint density at radius 1 is 1.08 bits per heavy atom. The van der Waals surface area contributed by atoms with Crippen molar-refractivity contribution in [1.82, 2.24) is 15.3 Å². The second-order valence-corrected chi connectivity index (χ2v) is 11.8. The summed E-state index contributed by atoms with van der Waals surface area (Å²) in [5.74, 6) is 3.49. The minimum absolute atomic E-state index is 0.299. The Balaban J connectivity index is 1.12. The number of nitrogens with one attached hydrogen (secondary N) is 3. The summed E-state index contributed by atoms with van der Waals surface area (Å²) < 4.78 is 5.58. The third-order valence-corrected chi connectivity index (χ3v) is 9.35. The smallest absolute Gasteiger partial charge is 0.224 e. The van der Waals surface area contributed by atoms with E-state index in [1.54, 1.807) is 6.20 Å². The molecule has 2 heterocycles. The first-order valence-corrected chi connectivity index (χ1v) is 13.8. The number of anilines is 2. The van der Waals surface area contributed by atoms with Crippen molar-refractivity contribution in [2.75, 3.05) is 30.4 Å². The molecule has 5 aliphatic rings. The van der Waals surface area contributed by atoms with E-state index in [2.05, 4.69) is 32.0 Å². The van der Waals surface area contributed by atoms with Gasteiger partial charge in [-0.15, -0.1) is 0 Å². The van der Waals surface area contributed by atoms with Crippen molar-refractivity contribution in [2.24, 2.45) is 23.2 Å². The summed E-state index contributed by atoms with van der Waals surface area (Å²) in [7, 11) is 0. The minimum atomic E-state index is 0.299. The highest BCUT2D eigenvalue weighted by Crippen LogP contribution is 2.60. The molecule has 36 heavy (non-hydrogen) atoms. The van der Waals surface area contributed by atoms with E-state index in [4.69, 9.17) is 16.3 Å². The Kier molecular flexibility index (Phi) is 6.76. The van der Waals surface area contributed by atoms with Crippen LogP contribution in [-0.2, 0) is 11.3 Å². The molecule has 7 rings (SSSR count). The van der Waals surface area contributed by atoms with Crippen LogP contribution in [0.4, 0.5) is 11.8 Å². The fourth-order valence-corrected chi connectivity index (χ4v) is 7.79. The first-order valence-electron chi connectivity index (χ1n) is 13.4. The van der Waals surface area contributed by atoms with Crippen molar-refractivity contribution in [3.05, 3.63) is 46.6 Å². The summed E-state index contributed by atoms with van der Waals surface area (Å²) in [5, 5.41) is 21.3. The van der Waals surface area contributed by atoms with Gasteiger partial charge in [-0.1, -0.05) is 29.8 Å². The quantitative estimate of drug-likeness (QED) is 0.464. The molecular weight excluding hydrogens is 472 g/mol. The molecule has 4 saturated carbocycles. The van der Waals surface area contributed by atoms with Crippen molar-refractivity contribution in [3.8, 4) is 6.07 Å². The fourth-order valence-electron chi connectivity index (χ4n) is 7.59. The first-order chi connectivity index (χ1) is 17.6. The molecular formula is C28H35ClN6O. The molecule has 0 amide bonds. The van der Waals surface area contributed by atoms with Crippen molar-refractivity contribution in [2.45, 2.75) is 63.6 Å². The number of aromatic nitrogens is 2. The van der Waals surface area contributed by atoms with Crippen molar-refractivity contribution in [3.63, 3.8) is 0 Å². The SMILES string of the molecule is N#Cc1cnc(NCc2ccccc2Cl)nc1NC[C@@]12CC3C[C@H](C1)[C@@H](NC1CCOCC1)[C@@H](C3)C2.